The third kappa shape index (κ3) is 7.64. The number of anilines is 1. The van der Waals surface area contributed by atoms with E-state index in [2.05, 4.69) is 19.5 Å². The lowest BCUT2D eigenvalue weighted by Gasteiger charge is -2.38. The number of benzene rings is 1. The number of carbonyl (C=O) groups excluding carboxylic acids is 2. The number of ether oxygens (including phenoxy) is 1. The van der Waals surface area contributed by atoms with E-state index in [1.54, 1.807) is 11.0 Å². The molecule has 3 aromatic rings. The second-order valence-electron chi connectivity index (χ2n) is 12.3. The van der Waals surface area contributed by atoms with Crippen molar-refractivity contribution in [3.8, 4) is 0 Å². The van der Waals surface area contributed by atoms with E-state index in [0.29, 0.717) is 35.7 Å². The molecule has 1 unspecified atom stereocenters. The number of ketones is 1. The summed E-state index contributed by atoms with van der Waals surface area (Å²) in [6.45, 7) is 7.54. The van der Waals surface area contributed by atoms with E-state index in [1.807, 2.05) is 45.9 Å². The van der Waals surface area contributed by atoms with Crippen molar-refractivity contribution < 1.29 is 32.0 Å². The monoisotopic (exact) mass is 677 g/mol. The number of nitrogens with one attached hydrogen (secondary N) is 1. The lowest BCUT2D eigenvalue weighted by Crippen LogP contribution is -2.43. The molecular weight excluding hydrogens is 642 g/mol. The summed E-state index contributed by atoms with van der Waals surface area (Å²) >= 11 is 7.72. The van der Waals surface area contributed by atoms with E-state index in [1.165, 1.54) is 23.9 Å². The summed E-state index contributed by atoms with van der Waals surface area (Å²) in [7, 11) is -4.14. The van der Waals surface area contributed by atoms with Gasteiger partial charge in [-0.25, -0.2) is 19.9 Å². The number of nitrogens with zero attached hydrogens (tertiary/aromatic N) is 3. The molecule has 45 heavy (non-hydrogen) atoms. The van der Waals surface area contributed by atoms with Crippen LogP contribution in [-0.4, -0.2) is 71.2 Å². The molecule has 4 atom stereocenters. The summed E-state index contributed by atoms with van der Waals surface area (Å²) in [5, 5.41) is 19.4. The highest BCUT2D eigenvalue weighted by Gasteiger charge is 2.38. The van der Waals surface area contributed by atoms with E-state index < -0.39 is 46.1 Å². The van der Waals surface area contributed by atoms with Crippen LogP contribution in [0.5, 0.6) is 0 Å². The quantitative estimate of drug-likeness (QED) is 0.290. The van der Waals surface area contributed by atoms with Crippen LogP contribution in [0.2, 0.25) is 5.02 Å². The number of carbonyl (C=O) groups is 2. The lowest BCUT2D eigenvalue weighted by molar-refractivity contribution is 0.0178. The summed E-state index contributed by atoms with van der Waals surface area (Å²) in [6.07, 6.45) is 2.91. The highest BCUT2D eigenvalue weighted by atomic mass is 35.5. The minimum absolute atomic E-state index is 0.206. The van der Waals surface area contributed by atoms with Crippen LogP contribution in [0.25, 0.3) is 0 Å². The molecule has 12 nitrogen and oxygen atoms in total. The van der Waals surface area contributed by atoms with Gasteiger partial charge in [-0.05, 0) is 81.8 Å². The summed E-state index contributed by atoms with van der Waals surface area (Å²) < 4.78 is 32.9. The number of rotatable bonds is 8. The minimum atomic E-state index is -4.14. The van der Waals surface area contributed by atoms with Gasteiger partial charge in [0.1, 0.15) is 17.7 Å². The normalized spacial score (nSPS) is 21.8. The Kier molecular flexibility index (Phi) is 9.55. The van der Waals surface area contributed by atoms with E-state index in [9.17, 15) is 23.1 Å². The number of amides is 1. The number of aryl methyl sites for hydroxylation is 1. The van der Waals surface area contributed by atoms with Gasteiger partial charge < -0.3 is 15.2 Å². The van der Waals surface area contributed by atoms with Gasteiger partial charge in [-0.3, -0.25) is 13.9 Å². The maximum absolute atomic E-state index is 14.0. The lowest BCUT2D eigenvalue weighted by atomic mass is 9.88. The molecule has 1 fully saturated rings. The third-order valence-electron chi connectivity index (χ3n) is 7.91. The third-order valence-corrected chi connectivity index (χ3v) is 9.67. The first-order chi connectivity index (χ1) is 21.1. The van der Waals surface area contributed by atoms with Gasteiger partial charge in [0.2, 0.25) is 5.78 Å². The van der Waals surface area contributed by atoms with E-state index >= 15 is 0 Å². The molecule has 15 heteroatoms. The highest BCUT2D eigenvalue weighted by Crippen LogP contribution is 2.42. The van der Waals surface area contributed by atoms with Crippen LogP contribution in [0.1, 0.15) is 76.5 Å². The Balaban J connectivity index is 1.43. The summed E-state index contributed by atoms with van der Waals surface area (Å²) in [5.41, 5.74) is 2.24. The van der Waals surface area contributed by atoms with Gasteiger partial charge in [0.05, 0.1) is 35.2 Å². The second kappa shape index (κ2) is 12.9. The average Bonchev–Trinajstić information content (AvgIpc) is 3.51. The van der Waals surface area contributed by atoms with Crippen molar-refractivity contribution in [2.75, 3.05) is 18.5 Å². The smallest absolute Gasteiger partial charge is 0.411 e. The maximum atomic E-state index is 14.0. The van der Waals surface area contributed by atoms with E-state index in [0.717, 1.165) is 21.6 Å². The predicted octanol–water partition coefficient (Wildman–Crippen LogP) is 4.39. The van der Waals surface area contributed by atoms with Crippen LogP contribution in [0.3, 0.4) is 0 Å². The van der Waals surface area contributed by atoms with Crippen LogP contribution in [-0.2, 0) is 25.6 Å². The number of thiophene rings is 1. The Hall–Kier alpha value is -3.14. The molecule has 0 saturated heterocycles. The highest BCUT2D eigenvalue weighted by molar-refractivity contribution is 7.84. The summed E-state index contributed by atoms with van der Waals surface area (Å²) in [5.74, 6) is -0.557. The Morgan fingerprint density at radius 3 is 2.69 bits per heavy atom. The van der Waals surface area contributed by atoms with Crippen molar-refractivity contribution in [1.82, 2.24) is 14.9 Å². The van der Waals surface area contributed by atoms with Gasteiger partial charge >= 0.3 is 16.4 Å². The van der Waals surface area contributed by atoms with Crippen LogP contribution >= 0.6 is 22.9 Å². The van der Waals surface area contributed by atoms with Crippen molar-refractivity contribution >= 4 is 50.9 Å². The first-order valence-corrected chi connectivity index (χ1v) is 17.1. The molecule has 4 N–H and O–H groups in total. The number of hydrogen-bond donors (Lipinski definition) is 3. The van der Waals surface area contributed by atoms with Crippen molar-refractivity contribution in [1.29, 1.82) is 0 Å². The molecule has 1 amide bonds. The largest absolute Gasteiger partial charge is 0.444 e. The van der Waals surface area contributed by atoms with Crippen LogP contribution < -0.4 is 10.5 Å². The molecule has 0 spiro atoms. The molecule has 0 bridgehead atoms. The van der Waals surface area contributed by atoms with Crippen molar-refractivity contribution in [2.45, 2.75) is 70.7 Å². The number of aliphatic hydroxyl groups excluding tert-OH is 1. The topological polar surface area (TPSA) is 174 Å². The van der Waals surface area contributed by atoms with E-state index in [4.69, 9.17) is 21.5 Å². The molecular formula is C30H36ClN5O7S2. The molecule has 242 valence electrons. The molecule has 0 radical (unpaired) electrons. The molecule has 1 aromatic carbocycles. The molecule has 1 aliphatic heterocycles. The van der Waals surface area contributed by atoms with Crippen molar-refractivity contribution in [3.63, 3.8) is 0 Å². The first-order valence-electron chi connectivity index (χ1n) is 14.5. The van der Waals surface area contributed by atoms with Gasteiger partial charge in [0.25, 0.3) is 0 Å². The fourth-order valence-electron chi connectivity index (χ4n) is 5.82. The van der Waals surface area contributed by atoms with Crippen molar-refractivity contribution in [2.24, 2.45) is 11.1 Å². The summed E-state index contributed by atoms with van der Waals surface area (Å²) in [6, 6.07) is 6.42. The molecule has 1 saturated carbocycles. The van der Waals surface area contributed by atoms with Gasteiger partial charge in [-0.15, -0.1) is 11.3 Å². The maximum Gasteiger partial charge on any atom is 0.411 e. The minimum Gasteiger partial charge on any atom is -0.444 e. The van der Waals surface area contributed by atoms with Crippen LogP contribution in [0.15, 0.2) is 36.8 Å². The Morgan fingerprint density at radius 2 is 1.98 bits per heavy atom. The molecule has 2 aliphatic rings. The molecule has 5 rings (SSSR count). The predicted molar refractivity (Wildman–Crippen MR) is 170 cm³/mol. The number of aromatic nitrogens is 2. The number of aliphatic hydroxyl groups is 1. The van der Waals surface area contributed by atoms with Gasteiger partial charge in [0, 0.05) is 28.6 Å². The fourth-order valence-corrected chi connectivity index (χ4v) is 7.37. The second-order valence-corrected chi connectivity index (χ2v) is 15.2. The fraction of sp³-hybridized carbons (Fsp3) is 0.467. The first kappa shape index (κ1) is 33.2. The van der Waals surface area contributed by atoms with Gasteiger partial charge in [-0.1, -0.05) is 17.7 Å². The van der Waals surface area contributed by atoms with Gasteiger partial charge in [0.15, 0.2) is 0 Å². The Bertz CT molecular complexity index is 1710. The zero-order chi connectivity index (χ0) is 32.7. The molecule has 3 heterocycles. The van der Waals surface area contributed by atoms with Gasteiger partial charge in [-0.2, -0.15) is 8.42 Å². The summed E-state index contributed by atoms with van der Waals surface area (Å²) in [4.78, 5) is 38.7. The van der Waals surface area contributed by atoms with E-state index in [-0.39, 0.29) is 23.8 Å². The van der Waals surface area contributed by atoms with Crippen LogP contribution in [0, 0.1) is 12.8 Å². The molecule has 1 aliphatic carbocycles. The zero-order valence-corrected chi connectivity index (χ0v) is 27.7. The Morgan fingerprint density at radius 1 is 1.22 bits per heavy atom. The number of fused-ring (bicyclic) bond motifs is 1. The van der Waals surface area contributed by atoms with Crippen LogP contribution in [0.4, 0.5) is 10.6 Å². The molecule has 2 aromatic heterocycles. The standard InChI is InChI=1S/C30H36ClN5O7S2/c1-16-20(25-21-11-19(31)7-5-17(21)9-10-36(25)29(39)43-30(2,3)4)12-24(44-16)27(38)22-13-33-15-34-28(22)35-23-8-6-18(26(23)37)14-42-45(32,40)41/h5,7,11-13,15,18,23,25-26,37H,6,8-10,14H2,1-4H3,(H2,32,40,41)(H,33,34,35)/t18-,23?,25+,26-/m1/s1. The zero-order valence-electron chi connectivity index (χ0n) is 25.3. The SMILES string of the molecule is Cc1sc(C(=O)c2cncnc2NC2CC[C@H](COS(N)(=O)=O)[C@H]2O)cc1[C@H]1c2cc(Cl)ccc2CCN1C(=O)OC(C)(C)C. The Labute approximate surface area is 271 Å². The average molecular weight is 678 g/mol. The van der Waals surface area contributed by atoms with Crippen molar-refractivity contribution in [3.05, 3.63) is 73.8 Å². The number of nitrogens with two attached hydrogens (primary N) is 1. The number of halogens is 1. The number of hydrogen-bond acceptors (Lipinski definition) is 11.